The maximum atomic E-state index is 14.4. The Morgan fingerprint density at radius 1 is 1.04 bits per heavy atom. The molecule has 1 aliphatic rings. The number of hydrogen-bond donors (Lipinski definition) is 3. The lowest BCUT2D eigenvalue weighted by molar-refractivity contribution is 0.279. The van der Waals surface area contributed by atoms with Gasteiger partial charge in [0.15, 0.2) is 11.6 Å². The summed E-state index contributed by atoms with van der Waals surface area (Å²) in [6.45, 7) is 1.83. The molecule has 0 heterocycles. The molecule has 2 aromatic carbocycles. The van der Waals surface area contributed by atoms with E-state index in [0.717, 1.165) is 30.9 Å². The number of anilines is 3. The number of nitrogens with one attached hydrogen (secondary N) is 2. The highest BCUT2D eigenvalue weighted by Gasteiger charge is 2.42. The molecule has 3 rings (SSSR count). The molecule has 1 fully saturated rings. The molecule has 1 saturated carbocycles. The lowest BCUT2D eigenvalue weighted by atomic mass is 10.1. The summed E-state index contributed by atoms with van der Waals surface area (Å²) in [5, 5.41) is 14.9. The highest BCUT2D eigenvalue weighted by atomic mass is 19.2. The van der Waals surface area contributed by atoms with Crippen LogP contribution in [0, 0.1) is 24.4 Å². The second-order valence-corrected chi connectivity index (χ2v) is 6.62. The van der Waals surface area contributed by atoms with E-state index >= 15 is 0 Å². The summed E-state index contributed by atoms with van der Waals surface area (Å²) >= 11 is 0. The van der Waals surface area contributed by atoms with E-state index in [1.807, 2.05) is 0 Å². The van der Waals surface area contributed by atoms with Gasteiger partial charge in [-0.3, -0.25) is 0 Å². The van der Waals surface area contributed by atoms with Gasteiger partial charge in [0.1, 0.15) is 11.5 Å². The monoisotopic (exact) mass is 350 g/mol. The molecule has 134 valence electrons. The average molecular weight is 350 g/mol. The zero-order valence-electron chi connectivity index (χ0n) is 14.0. The van der Waals surface area contributed by atoms with Crippen LogP contribution in [0.3, 0.4) is 0 Å². The van der Waals surface area contributed by atoms with Gasteiger partial charge in [-0.1, -0.05) is 6.07 Å². The van der Waals surface area contributed by atoms with Crippen LogP contribution >= 0.6 is 0 Å². The molecule has 0 aromatic heterocycles. The molecular weight excluding hydrogens is 329 g/mol. The zero-order chi connectivity index (χ0) is 18.0. The Balaban J connectivity index is 1.90. The first-order valence-corrected chi connectivity index (χ1v) is 8.34. The first-order valence-electron chi connectivity index (χ1n) is 8.34. The van der Waals surface area contributed by atoms with Gasteiger partial charge in [-0.15, -0.1) is 0 Å². The van der Waals surface area contributed by atoms with Crippen molar-refractivity contribution in [3.05, 3.63) is 53.3 Å². The minimum atomic E-state index is -1.05. The fourth-order valence-electron chi connectivity index (χ4n) is 2.92. The van der Waals surface area contributed by atoms with E-state index in [4.69, 9.17) is 5.11 Å². The van der Waals surface area contributed by atoms with E-state index in [9.17, 15) is 13.2 Å². The molecule has 0 unspecified atom stereocenters. The minimum Gasteiger partial charge on any atom is -0.396 e. The van der Waals surface area contributed by atoms with Crippen LogP contribution in [0.25, 0.3) is 0 Å². The number of aliphatic hydroxyl groups is 1. The van der Waals surface area contributed by atoms with Gasteiger partial charge in [-0.25, -0.2) is 13.2 Å². The van der Waals surface area contributed by atoms with Crippen molar-refractivity contribution in [1.82, 2.24) is 0 Å². The van der Waals surface area contributed by atoms with Crippen molar-refractivity contribution in [1.29, 1.82) is 0 Å². The smallest absolute Gasteiger partial charge is 0.184 e. The van der Waals surface area contributed by atoms with E-state index in [1.165, 1.54) is 18.2 Å². The Morgan fingerprint density at radius 2 is 1.76 bits per heavy atom. The Morgan fingerprint density at radius 3 is 2.40 bits per heavy atom. The van der Waals surface area contributed by atoms with E-state index in [2.05, 4.69) is 10.6 Å². The normalized spacial score (nSPS) is 15.1. The van der Waals surface area contributed by atoms with Crippen LogP contribution in [-0.2, 0) is 0 Å². The number of benzene rings is 2. The van der Waals surface area contributed by atoms with Gasteiger partial charge < -0.3 is 15.7 Å². The van der Waals surface area contributed by atoms with E-state index in [0.29, 0.717) is 12.1 Å². The first-order chi connectivity index (χ1) is 11.9. The zero-order valence-corrected chi connectivity index (χ0v) is 14.0. The van der Waals surface area contributed by atoms with Gasteiger partial charge in [-0.2, -0.15) is 0 Å². The molecule has 25 heavy (non-hydrogen) atoms. The Labute approximate surface area is 144 Å². The standard InChI is InChI=1S/C19H21F3N2O/c1-12-3-5-15(14(21)11-12)23-18-16(6-4-13(20)17(18)22)24-19(8-9-19)7-2-10-25/h3-6,11,23-25H,2,7-10H2,1H3. The van der Waals surface area contributed by atoms with Gasteiger partial charge in [0.2, 0.25) is 0 Å². The van der Waals surface area contributed by atoms with Crippen molar-refractivity contribution in [2.24, 2.45) is 0 Å². The molecule has 0 radical (unpaired) electrons. The third-order valence-corrected chi connectivity index (χ3v) is 4.55. The molecule has 3 nitrogen and oxygen atoms in total. The van der Waals surface area contributed by atoms with Crippen molar-refractivity contribution in [3.63, 3.8) is 0 Å². The van der Waals surface area contributed by atoms with E-state index in [-0.39, 0.29) is 23.5 Å². The largest absolute Gasteiger partial charge is 0.396 e. The SMILES string of the molecule is Cc1ccc(Nc2c(NC3(CCCO)CC3)ccc(F)c2F)c(F)c1. The molecule has 0 bridgehead atoms. The topological polar surface area (TPSA) is 44.3 Å². The van der Waals surface area contributed by atoms with Gasteiger partial charge in [-0.05, 0) is 62.4 Å². The number of aliphatic hydroxyl groups excluding tert-OH is 1. The minimum absolute atomic E-state index is 0.0818. The summed E-state index contributed by atoms with van der Waals surface area (Å²) in [6, 6.07) is 7.02. The molecular formula is C19H21F3N2O. The van der Waals surface area contributed by atoms with Crippen molar-refractivity contribution < 1.29 is 18.3 Å². The molecule has 0 saturated heterocycles. The molecule has 6 heteroatoms. The highest BCUT2D eigenvalue weighted by Crippen LogP contribution is 2.45. The van der Waals surface area contributed by atoms with Gasteiger partial charge >= 0.3 is 0 Å². The molecule has 0 spiro atoms. The predicted octanol–water partition coefficient (Wildman–Crippen LogP) is 4.87. The fourth-order valence-corrected chi connectivity index (χ4v) is 2.92. The van der Waals surface area contributed by atoms with Gasteiger partial charge in [0.05, 0.1) is 11.4 Å². The van der Waals surface area contributed by atoms with Gasteiger partial charge in [0.25, 0.3) is 0 Å². The predicted molar refractivity (Wildman–Crippen MR) is 92.7 cm³/mol. The maximum Gasteiger partial charge on any atom is 0.184 e. The van der Waals surface area contributed by atoms with Crippen molar-refractivity contribution >= 4 is 17.1 Å². The molecule has 1 aliphatic carbocycles. The lowest BCUT2D eigenvalue weighted by Gasteiger charge is -2.22. The maximum absolute atomic E-state index is 14.4. The van der Waals surface area contributed by atoms with Crippen LogP contribution in [0.5, 0.6) is 0 Å². The van der Waals surface area contributed by atoms with Crippen molar-refractivity contribution in [2.45, 2.75) is 38.1 Å². The Kier molecular flexibility index (Phi) is 4.90. The number of rotatable bonds is 7. The lowest BCUT2D eigenvalue weighted by Crippen LogP contribution is -2.22. The molecule has 0 amide bonds. The summed E-state index contributed by atoms with van der Waals surface area (Å²) in [5.74, 6) is -2.58. The quantitative estimate of drug-likeness (QED) is 0.667. The van der Waals surface area contributed by atoms with Crippen LogP contribution < -0.4 is 10.6 Å². The number of hydrogen-bond acceptors (Lipinski definition) is 3. The molecule has 0 aliphatic heterocycles. The third-order valence-electron chi connectivity index (χ3n) is 4.55. The van der Waals surface area contributed by atoms with E-state index < -0.39 is 17.5 Å². The Hall–Kier alpha value is -2.21. The molecule has 3 N–H and O–H groups in total. The van der Waals surface area contributed by atoms with Crippen LogP contribution in [0.2, 0.25) is 0 Å². The van der Waals surface area contributed by atoms with Crippen LogP contribution in [0.15, 0.2) is 30.3 Å². The van der Waals surface area contributed by atoms with Gasteiger partial charge in [0, 0.05) is 12.1 Å². The van der Waals surface area contributed by atoms with Crippen LogP contribution in [-0.4, -0.2) is 17.3 Å². The number of aryl methyl sites for hydroxylation is 1. The second kappa shape index (κ2) is 6.96. The summed E-state index contributed by atoms with van der Waals surface area (Å²) in [6.07, 6.45) is 3.15. The first kappa shape index (κ1) is 17.6. The number of halogens is 3. The third kappa shape index (κ3) is 3.90. The summed E-state index contributed by atoms with van der Waals surface area (Å²) < 4.78 is 42.2. The summed E-state index contributed by atoms with van der Waals surface area (Å²) in [4.78, 5) is 0. The van der Waals surface area contributed by atoms with E-state index in [1.54, 1.807) is 13.0 Å². The van der Waals surface area contributed by atoms with Crippen LogP contribution in [0.4, 0.5) is 30.2 Å². The summed E-state index contributed by atoms with van der Waals surface area (Å²) in [5.41, 5.74) is 0.877. The Bertz CT molecular complexity index is 776. The van der Waals surface area contributed by atoms with Crippen molar-refractivity contribution in [2.75, 3.05) is 17.2 Å². The second-order valence-electron chi connectivity index (χ2n) is 6.62. The highest BCUT2D eigenvalue weighted by molar-refractivity contribution is 5.76. The van der Waals surface area contributed by atoms with Crippen molar-refractivity contribution in [3.8, 4) is 0 Å². The summed E-state index contributed by atoms with van der Waals surface area (Å²) in [7, 11) is 0. The average Bonchev–Trinajstić information content (AvgIpc) is 3.34. The van der Waals surface area contributed by atoms with Crippen LogP contribution in [0.1, 0.15) is 31.2 Å². The molecule has 2 aromatic rings. The fraction of sp³-hybridized carbons (Fsp3) is 0.368. The molecule has 0 atom stereocenters.